The van der Waals surface area contributed by atoms with Gasteiger partial charge >= 0.3 is 12.1 Å². The number of carbonyl (C=O) groups excluding carboxylic acids is 2. The normalized spacial score (nSPS) is 18.2. The van der Waals surface area contributed by atoms with Gasteiger partial charge in [0.25, 0.3) is 0 Å². The summed E-state index contributed by atoms with van der Waals surface area (Å²) in [6.07, 6.45) is 2.88. The fraction of sp³-hybridized carbons (Fsp3) is 0.250. The number of hydrogen-bond acceptors (Lipinski definition) is 7. The average molecular weight is 463 g/mol. The Morgan fingerprint density at radius 1 is 1.29 bits per heavy atom. The molecule has 4 rings (SSSR count). The third-order valence-electron chi connectivity index (χ3n) is 5.39. The SMILES string of the molecule is CCC1OC(=O)N(C(NC(=O)N2C=CN=CC2)c2ccccc2)N=C1c1ccc(OC)c(O)c1. The molecule has 3 amide bonds. The number of hydrogen-bond donors (Lipinski definition) is 2. The van der Waals surface area contributed by atoms with Crippen molar-refractivity contribution in [2.75, 3.05) is 13.7 Å². The summed E-state index contributed by atoms with van der Waals surface area (Å²) in [5, 5.41) is 18.8. The lowest BCUT2D eigenvalue weighted by atomic mass is 10.0. The van der Waals surface area contributed by atoms with Crippen molar-refractivity contribution < 1.29 is 24.2 Å². The first-order valence-corrected chi connectivity index (χ1v) is 10.8. The number of cyclic esters (lactones) is 1. The van der Waals surface area contributed by atoms with Crippen LogP contribution in [-0.4, -0.2) is 58.8 Å². The second-order valence-electron chi connectivity index (χ2n) is 7.54. The Morgan fingerprint density at radius 3 is 2.74 bits per heavy atom. The monoisotopic (exact) mass is 463 g/mol. The van der Waals surface area contributed by atoms with Crippen LogP contribution >= 0.6 is 0 Å². The maximum atomic E-state index is 13.0. The van der Waals surface area contributed by atoms with E-state index in [0.29, 0.717) is 35.6 Å². The minimum absolute atomic E-state index is 0.0625. The van der Waals surface area contributed by atoms with Crippen LogP contribution in [0.15, 0.2) is 71.0 Å². The van der Waals surface area contributed by atoms with Crippen LogP contribution in [0.1, 0.15) is 30.6 Å². The van der Waals surface area contributed by atoms with E-state index in [4.69, 9.17) is 9.47 Å². The second kappa shape index (κ2) is 10.1. The zero-order chi connectivity index (χ0) is 24.1. The topological polar surface area (TPSA) is 116 Å². The molecule has 0 bridgehead atoms. The summed E-state index contributed by atoms with van der Waals surface area (Å²) in [6, 6.07) is 13.4. The minimum atomic E-state index is -0.937. The number of phenols is 1. The molecule has 2 aliphatic heterocycles. The molecule has 10 nitrogen and oxygen atoms in total. The first-order chi connectivity index (χ1) is 16.5. The molecule has 176 valence electrons. The summed E-state index contributed by atoms with van der Waals surface area (Å²) in [5.41, 5.74) is 1.65. The highest BCUT2D eigenvalue weighted by Crippen LogP contribution is 2.30. The van der Waals surface area contributed by atoms with E-state index >= 15 is 0 Å². The summed E-state index contributed by atoms with van der Waals surface area (Å²) in [4.78, 5) is 31.4. The average Bonchev–Trinajstić information content (AvgIpc) is 2.88. The zero-order valence-electron chi connectivity index (χ0n) is 18.8. The smallest absolute Gasteiger partial charge is 0.433 e. The number of rotatable bonds is 6. The van der Waals surface area contributed by atoms with Crippen LogP contribution in [0.25, 0.3) is 0 Å². The van der Waals surface area contributed by atoms with Gasteiger partial charge in [-0.2, -0.15) is 10.1 Å². The van der Waals surface area contributed by atoms with Crippen LogP contribution in [0.4, 0.5) is 9.59 Å². The molecule has 0 fully saturated rings. The van der Waals surface area contributed by atoms with Gasteiger partial charge in [-0.05, 0) is 30.2 Å². The molecule has 0 saturated heterocycles. The number of phenolic OH excluding ortho intramolecular Hbond substituents is 1. The van der Waals surface area contributed by atoms with E-state index in [1.807, 2.05) is 13.0 Å². The summed E-state index contributed by atoms with van der Waals surface area (Å²) >= 11 is 0. The molecule has 34 heavy (non-hydrogen) atoms. The summed E-state index contributed by atoms with van der Waals surface area (Å²) in [7, 11) is 1.46. The lowest BCUT2D eigenvalue weighted by molar-refractivity contribution is 0.0530. The Morgan fingerprint density at radius 2 is 2.09 bits per heavy atom. The van der Waals surface area contributed by atoms with Gasteiger partial charge in [-0.1, -0.05) is 37.3 Å². The Labute approximate surface area is 196 Å². The number of amides is 3. The van der Waals surface area contributed by atoms with E-state index in [-0.39, 0.29) is 5.75 Å². The molecule has 0 saturated carbocycles. The van der Waals surface area contributed by atoms with Crippen LogP contribution < -0.4 is 10.1 Å². The molecule has 0 aromatic heterocycles. The highest BCUT2D eigenvalue weighted by atomic mass is 16.6. The quantitative estimate of drug-likeness (QED) is 0.679. The number of methoxy groups -OCH3 is 1. The van der Waals surface area contributed by atoms with Crippen molar-refractivity contribution in [2.45, 2.75) is 25.6 Å². The summed E-state index contributed by atoms with van der Waals surface area (Å²) in [6.45, 7) is 2.17. The number of nitrogens with zero attached hydrogens (tertiary/aromatic N) is 4. The lowest BCUT2D eigenvalue weighted by Crippen LogP contribution is -2.50. The maximum Gasteiger partial charge on any atom is 0.433 e. The van der Waals surface area contributed by atoms with Crippen molar-refractivity contribution in [2.24, 2.45) is 10.1 Å². The number of nitrogens with one attached hydrogen (secondary N) is 1. The first-order valence-electron chi connectivity index (χ1n) is 10.8. The van der Waals surface area contributed by atoms with Gasteiger partial charge in [0.2, 0.25) is 0 Å². The fourth-order valence-corrected chi connectivity index (χ4v) is 3.63. The van der Waals surface area contributed by atoms with Crippen molar-refractivity contribution in [1.29, 1.82) is 0 Å². The van der Waals surface area contributed by atoms with Crippen LogP contribution in [0, 0.1) is 0 Å². The maximum absolute atomic E-state index is 13.0. The number of hydrazone groups is 1. The van der Waals surface area contributed by atoms with Crippen molar-refractivity contribution in [1.82, 2.24) is 15.2 Å². The third kappa shape index (κ3) is 4.70. The largest absolute Gasteiger partial charge is 0.504 e. The molecule has 2 aromatic carbocycles. The van der Waals surface area contributed by atoms with Gasteiger partial charge in [-0.25, -0.2) is 9.59 Å². The number of aliphatic imine (C=N–C) groups is 1. The molecule has 2 aliphatic rings. The van der Waals surface area contributed by atoms with Crippen molar-refractivity contribution >= 4 is 24.1 Å². The number of benzene rings is 2. The van der Waals surface area contributed by atoms with E-state index < -0.39 is 24.4 Å². The van der Waals surface area contributed by atoms with Gasteiger partial charge in [0.05, 0.1) is 13.7 Å². The molecule has 2 aromatic rings. The molecular weight excluding hydrogens is 438 g/mol. The van der Waals surface area contributed by atoms with Gasteiger partial charge in [0.1, 0.15) is 11.8 Å². The number of urea groups is 1. The summed E-state index contributed by atoms with van der Waals surface area (Å²) in [5.74, 6) is 0.252. The van der Waals surface area contributed by atoms with Gasteiger partial charge in [0, 0.05) is 24.2 Å². The van der Waals surface area contributed by atoms with Gasteiger partial charge in [-0.15, -0.1) is 0 Å². The van der Waals surface area contributed by atoms with Crippen LogP contribution in [0.5, 0.6) is 11.5 Å². The predicted octanol–water partition coefficient (Wildman–Crippen LogP) is 3.60. The molecule has 0 radical (unpaired) electrons. The molecule has 2 unspecified atom stereocenters. The van der Waals surface area contributed by atoms with E-state index in [1.165, 1.54) is 24.3 Å². The first kappa shape index (κ1) is 22.8. The second-order valence-corrected chi connectivity index (χ2v) is 7.54. The molecule has 2 heterocycles. The highest BCUT2D eigenvalue weighted by Gasteiger charge is 2.37. The molecule has 2 N–H and O–H groups in total. The Hall–Kier alpha value is -4.34. The third-order valence-corrected chi connectivity index (χ3v) is 5.39. The summed E-state index contributed by atoms with van der Waals surface area (Å²) < 4.78 is 10.8. The van der Waals surface area contributed by atoms with Crippen LogP contribution in [-0.2, 0) is 4.74 Å². The van der Waals surface area contributed by atoms with E-state index in [9.17, 15) is 14.7 Å². The molecule has 2 atom stereocenters. The Kier molecular flexibility index (Phi) is 6.77. The molecular formula is C24H25N5O5. The number of carbonyl (C=O) groups is 2. The van der Waals surface area contributed by atoms with Gasteiger partial charge < -0.3 is 19.9 Å². The predicted molar refractivity (Wildman–Crippen MR) is 126 cm³/mol. The van der Waals surface area contributed by atoms with Crippen molar-refractivity contribution in [3.05, 3.63) is 72.1 Å². The van der Waals surface area contributed by atoms with Gasteiger partial charge in [-0.3, -0.25) is 9.89 Å². The lowest BCUT2D eigenvalue weighted by Gasteiger charge is -2.35. The molecule has 10 heteroatoms. The van der Waals surface area contributed by atoms with Crippen molar-refractivity contribution in [3.63, 3.8) is 0 Å². The zero-order valence-corrected chi connectivity index (χ0v) is 18.8. The molecule has 0 spiro atoms. The number of ether oxygens (including phenoxy) is 2. The fourth-order valence-electron chi connectivity index (χ4n) is 3.63. The van der Waals surface area contributed by atoms with E-state index in [0.717, 1.165) is 5.01 Å². The number of aromatic hydroxyl groups is 1. The van der Waals surface area contributed by atoms with Crippen molar-refractivity contribution in [3.8, 4) is 11.5 Å². The van der Waals surface area contributed by atoms with Crippen LogP contribution in [0.2, 0.25) is 0 Å². The Bertz CT molecular complexity index is 1150. The standard InChI is InChI=1S/C24H25N5O5/c1-3-19-21(17-9-10-20(33-2)18(30)15-17)27-29(24(32)34-19)22(16-7-5-4-6-8-16)26-23(31)28-13-11-25-12-14-28/h4-13,15,19,22,30H,3,14H2,1-2H3,(H,26,31). The molecule has 0 aliphatic carbocycles. The van der Waals surface area contributed by atoms with E-state index in [2.05, 4.69) is 15.4 Å². The highest BCUT2D eigenvalue weighted by molar-refractivity contribution is 6.06. The van der Waals surface area contributed by atoms with E-state index in [1.54, 1.807) is 48.8 Å². The van der Waals surface area contributed by atoms with Gasteiger partial charge in [0.15, 0.2) is 17.7 Å². The minimum Gasteiger partial charge on any atom is -0.504 e. The van der Waals surface area contributed by atoms with Crippen LogP contribution in [0.3, 0.4) is 0 Å². The Balaban J connectivity index is 1.73.